The minimum Gasteiger partial charge on any atom is -0.339 e. The van der Waals surface area contributed by atoms with Crippen LogP contribution in [-0.2, 0) is 0 Å². The van der Waals surface area contributed by atoms with Crippen molar-refractivity contribution < 1.29 is 9.18 Å². The lowest BCUT2D eigenvalue weighted by Gasteiger charge is -2.31. The van der Waals surface area contributed by atoms with Crippen LogP contribution in [0.3, 0.4) is 0 Å². The van der Waals surface area contributed by atoms with E-state index in [4.69, 9.17) is 0 Å². The van der Waals surface area contributed by atoms with E-state index in [1.807, 2.05) is 36.1 Å². The number of aromatic amines is 1. The number of amides is 1. The Morgan fingerprint density at radius 1 is 1.11 bits per heavy atom. The third kappa shape index (κ3) is 3.47. The SMILES string of the molecule is Cc1ccccc1C(=O)N1CCC(c2nn(-c3ccc(F)cc3)c(=O)[nH]2)CC1. The van der Waals surface area contributed by atoms with Crippen molar-refractivity contribution in [3.05, 3.63) is 81.8 Å². The second-order valence-electron chi connectivity index (χ2n) is 7.09. The van der Waals surface area contributed by atoms with Crippen molar-refractivity contribution in [2.75, 3.05) is 13.1 Å². The molecule has 1 amide bonds. The number of hydrogen-bond donors (Lipinski definition) is 1. The molecule has 1 fully saturated rings. The molecule has 1 saturated heterocycles. The molecule has 144 valence electrons. The zero-order valence-electron chi connectivity index (χ0n) is 15.6. The van der Waals surface area contributed by atoms with Crippen LogP contribution in [0.25, 0.3) is 5.69 Å². The van der Waals surface area contributed by atoms with E-state index in [0.29, 0.717) is 24.6 Å². The molecule has 0 spiro atoms. The predicted octanol–water partition coefficient (Wildman–Crippen LogP) is 3.03. The molecule has 1 aromatic heterocycles. The fourth-order valence-electron chi connectivity index (χ4n) is 3.62. The lowest BCUT2D eigenvalue weighted by Crippen LogP contribution is -2.38. The van der Waals surface area contributed by atoms with Crippen LogP contribution in [0.5, 0.6) is 0 Å². The summed E-state index contributed by atoms with van der Waals surface area (Å²) < 4.78 is 14.4. The Kier molecular flexibility index (Phi) is 4.81. The van der Waals surface area contributed by atoms with Gasteiger partial charge in [0.2, 0.25) is 0 Å². The summed E-state index contributed by atoms with van der Waals surface area (Å²) in [5, 5.41) is 4.40. The van der Waals surface area contributed by atoms with E-state index in [0.717, 1.165) is 24.0 Å². The molecule has 1 N–H and O–H groups in total. The van der Waals surface area contributed by atoms with Gasteiger partial charge in [0.15, 0.2) is 0 Å². The maximum atomic E-state index is 13.1. The zero-order valence-corrected chi connectivity index (χ0v) is 15.6. The molecule has 2 aromatic carbocycles. The largest absolute Gasteiger partial charge is 0.348 e. The van der Waals surface area contributed by atoms with E-state index in [-0.39, 0.29) is 23.3 Å². The molecule has 0 aliphatic carbocycles. The van der Waals surface area contributed by atoms with Gasteiger partial charge < -0.3 is 4.90 Å². The first-order chi connectivity index (χ1) is 13.5. The third-order valence-electron chi connectivity index (χ3n) is 5.25. The van der Waals surface area contributed by atoms with Crippen molar-refractivity contribution in [3.63, 3.8) is 0 Å². The number of benzene rings is 2. The second kappa shape index (κ2) is 7.42. The smallest absolute Gasteiger partial charge is 0.339 e. The van der Waals surface area contributed by atoms with Crippen LogP contribution in [0.4, 0.5) is 4.39 Å². The highest BCUT2D eigenvalue weighted by Crippen LogP contribution is 2.26. The molecule has 2 heterocycles. The number of aromatic nitrogens is 3. The van der Waals surface area contributed by atoms with Crippen molar-refractivity contribution in [3.8, 4) is 5.69 Å². The van der Waals surface area contributed by atoms with Gasteiger partial charge in [-0.3, -0.25) is 9.78 Å². The van der Waals surface area contributed by atoms with Crippen LogP contribution >= 0.6 is 0 Å². The van der Waals surface area contributed by atoms with Gasteiger partial charge in [-0.05, 0) is 55.7 Å². The molecular formula is C21H21FN4O2. The minimum atomic E-state index is -0.363. The summed E-state index contributed by atoms with van der Waals surface area (Å²) in [5.41, 5.74) is 1.87. The fraction of sp³-hybridized carbons (Fsp3) is 0.286. The highest BCUT2D eigenvalue weighted by molar-refractivity contribution is 5.95. The Morgan fingerprint density at radius 3 is 2.46 bits per heavy atom. The van der Waals surface area contributed by atoms with E-state index in [9.17, 15) is 14.0 Å². The summed E-state index contributed by atoms with van der Waals surface area (Å²) >= 11 is 0. The van der Waals surface area contributed by atoms with E-state index >= 15 is 0 Å². The van der Waals surface area contributed by atoms with E-state index < -0.39 is 0 Å². The average molecular weight is 380 g/mol. The number of carbonyl (C=O) groups excluding carboxylic acids is 1. The van der Waals surface area contributed by atoms with Crippen molar-refractivity contribution >= 4 is 5.91 Å². The number of piperidine rings is 1. The topological polar surface area (TPSA) is 71.0 Å². The number of H-pyrrole nitrogens is 1. The molecule has 0 unspecified atom stereocenters. The summed E-state index contributed by atoms with van der Waals surface area (Å²) in [6.07, 6.45) is 1.46. The molecular weight excluding hydrogens is 359 g/mol. The Hall–Kier alpha value is -3.22. The van der Waals surface area contributed by atoms with Gasteiger partial charge in [-0.2, -0.15) is 4.68 Å². The molecule has 4 rings (SSSR count). The van der Waals surface area contributed by atoms with E-state index in [2.05, 4.69) is 10.1 Å². The number of likely N-dealkylation sites (tertiary alicyclic amines) is 1. The predicted molar refractivity (Wildman–Crippen MR) is 103 cm³/mol. The molecule has 0 bridgehead atoms. The van der Waals surface area contributed by atoms with Gasteiger partial charge in [-0.25, -0.2) is 9.18 Å². The second-order valence-corrected chi connectivity index (χ2v) is 7.09. The van der Waals surface area contributed by atoms with Gasteiger partial charge in [0.05, 0.1) is 5.69 Å². The molecule has 0 radical (unpaired) electrons. The number of hydrogen-bond acceptors (Lipinski definition) is 3. The number of nitrogens with one attached hydrogen (secondary N) is 1. The highest BCUT2D eigenvalue weighted by atomic mass is 19.1. The maximum absolute atomic E-state index is 13.1. The van der Waals surface area contributed by atoms with Crippen LogP contribution in [0.15, 0.2) is 53.3 Å². The van der Waals surface area contributed by atoms with Crippen LogP contribution in [0.1, 0.15) is 40.5 Å². The monoisotopic (exact) mass is 380 g/mol. The Labute approximate surface area is 161 Å². The number of halogens is 1. The lowest BCUT2D eigenvalue weighted by atomic mass is 9.95. The number of nitrogens with zero attached hydrogens (tertiary/aromatic N) is 3. The van der Waals surface area contributed by atoms with Crippen LogP contribution < -0.4 is 5.69 Å². The third-order valence-corrected chi connectivity index (χ3v) is 5.25. The van der Waals surface area contributed by atoms with Crippen LogP contribution in [0, 0.1) is 12.7 Å². The summed E-state index contributed by atoms with van der Waals surface area (Å²) in [6.45, 7) is 3.17. The molecule has 1 aliphatic heterocycles. The Balaban J connectivity index is 1.46. The van der Waals surface area contributed by atoms with E-state index in [1.165, 1.54) is 28.9 Å². The van der Waals surface area contributed by atoms with Gasteiger partial charge >= 0.3 is 5.69 Å². The first-order valence-corrected chi connectivity index (χ1v) is 9.33. The Bertz CT molecular complexity index is 1050. The summed E-state index contributed by atoms with van der Waals surface area (Å²) in [6, 6.07) is 13.2. The van der Waals surface area contributed by atoms with E-state index in [1.54, 1.807) is 0 Å². The quantitative estimate of drug-likeness (QED) is 0.759. The molecule has 0 saturated carbocycles. The van der Waals surface area contributed by atoms with Gasteiger partial charge in [0, 0.05) is 24.6 Å². The molecule has 3 aromatic rings. The van der Waals surface area contributed by atoms with Crippen molar-refractivity contribution in [2.24, 2.45) is 0 Å². The van der Waals surface area contributed by atoms with Gasteiger partial charge in [0.1, 0.15) is 11.6 Å². The van der Waals surface area contributed by atoms with Gasteiger partial charge in [0.25, 0.3) is 5.91 Å². The minimum absolute atomic E-state index is 0.0434. The first-order valence-electron chi connectivity index (χ1n) is 9.33. The Morgan fingerprint density at radius 2 is 1.79 bits per heavy atom. The standard InChI is InChI=1S/C21H21FN4O2/c1-14-4-2-3-5-18(14)20(27)25-12-10-15(11-13-25)19-23-21(28)26(24-19)17-8-6-16(22)7-9-17/h2-9,15H,10-13H2,1H3,(H,23,24,28). The normalized spacial score (nSPS) is 15.0. The molecule has 1 aliphatic rings. The van der Waals surface area contributed by atoms with Crippen LogP contribution in [-0.4, -0.2) is 38.7 Å². The van der Waals surface area contributed by atoms with Crippen molar-refractivity contribution in [1.29, 1.82) is 0 Å². The van der Waals surface area contributed by atoms with Gasteiger partial charge in [-0.1, -0.05) is 18.2 Å². The number of aryl methyl sites for hydroxylation is 1. The summed E-state index contributed by atoms with van der Waals surface area (Å²) in [7, 11) is 0. The average Bonchev–Trinajstić information content (AvgIpc) is 3.10. The summed E-state index contributed by atoms with van der Waals surface area (Å²) in [4.78, 5) is 29.7. The lowest BCUT2D eigenvalue weighted by molar-refractivity contribution is 0.0710. The van der Waals surface area contributed by atoms with Crippen molar-refractivity contribution in [1.82, 2.24) is 19.7 Å². The highest BCUT2D eigenvalue weighted by Gasteiger charge is 2.27. The fourth-order valence-corrected chi connectivity index (χ4v) is 3.62. The first kappa shape index (κ1) is 18.2. The molecule has 28 heavy (non-hydrogen) atoms. The van der Waals surface area contributed by atoms with Gasteiger partial charge in [-0.15, -0.1) is 5.10 Å². The summed E-state index contributed by atoms with van der Waals surface area (Å²) in [5.74, 6) is 0.368. The maximum Gasteiger partial charge on any atom is 0.348 e. The zero-order chi connectivity index (χ0) is 19.7. The van der Waals surface area contributed by atoms with Crippen LogP contribution in [0.2, 0.25) is 0 Å². The molecule has 6 nitrogen and oxygen atoms in total. The number of rotatable bonds is 3. The molecule has 7 heteroatoms. The van der Waals surface area contributed by atoms with Crippen molar-refractivity contribution in [2.45, 2.75) is 25.7 Å². The number of carbonyl (C=O) groups is 1. The molecule has 0 atom stereocenters.